The first-order valence-corrected chi connectivity index (χ1v) is 6.62. The van der Waals surface area contributed by atoms with Crippen molar-refractivity contribution in [3.63, 3.8) is 0 Å². The van der Waals surface area contributed by atoms with Crippen LogP contribution in [0.25, 0.3) is 11.3 Å². The van der Waals surface area contributed by atoms with Gasteiger partial charge in [0, 0.05) is 24.2 Å². The number of ether oxygens (including phenoxy) is 1. The Morgan fingerprint density at radius 2 is 2.11 bits per heavy atom. The molecule has 1 aromatic carbocycles. The molecule has 0 amide bonds. The molecule has 2 aromatic rings. The van der Waals surface area contributed by atoms with Gasteiger partial charge in [0.15, 0.2) is 0 Å². The Balaban J connectivity index is 2.07. The van der Waals surface area contributed by atoms with Crippen LogP contribution in [0.1, 0.15) is 16.8 Å². The second-order valence-electron chi connectivity index (χ2n) is 5.07. The molecule has 0 unspecified atom stereocenters. The van der Waals surface area contributed by atoms with Crippen LogP contribution in [-0.4, -0.2) is 17.6 Å². The zero-order valence-corrected chi connectivity index (χ0v) is 11.3. The van der Waals surface area contributed by atoms with E-state index < -0.39 is 0 Å². The Bertz CT molecular complexity index is 622. The molecule has 0 radical (unpaired) electrons. The van der Waals surface area contributed by atoms with E-state index in [2.05, 4.69) is 42.2 Å². The molecule has 0 bridgehead atoms. The Morgan fingerprint density at radius 1 is 1.26 bits per heavy atom. The lowest BCUT2D eigenvalue weighted by Crippen LogP contribution is -2.24. The molecular formula is C16H18N2O. The van der Waals surface area contributed by atoms with Gasteiger partial charge in [-0.1, -0.05) is 18.2 Å². The minimum absolute atomic E-state index is 0.0997. The molecule has 0 spiro atoms. The van der Waals surface area contributed by atoms with Crippen LogP contribution in [0.15, 0.2) is 30.3 Å². The average molecular weight is 254 g/mol. The number of aryl methyl sites for hydroxylation is 2. The molecule has 3 rings (SSSR count). The highest BCUT2D eigenvalue weighted by molar-refractivity contribution is 5.70. The maximum absolute atomic E-state index is 5.95. The van der Waals surface area contributed by atoms with Crippen molar-refractivity contribution in [2.75, 3.05) is 6.54 Å². The number of nitrogens with two attached hydrogens (primary N) is 1. The van der Waals surface area contributed by atoms with Gasteiger partial charge in [0.25, 0.3) is 0 Å². The van der Waals surface area contributed by atoms with Gasteiger partial charge < -0.3 is 10.5 Å². The molecule has 1 aromatic heterocycles. The monoisotopic (exact) mass is 254 g/mol. The van der Waals surface area contributed by atoms with Crippen molar-refractivity contribution in [3.8, 4) is 17.0 Å². The van der Waals surface area contributed by atoms with Gasteiger partial charge in [0.05, 0.1) is 5.69 Å². The van der Waals surface area contributed by atoms with Crippen LogP contribution < -0.4 is 10.5 Å². The third-order valence-electron chi connectivity index (χ3n) is 3.72. The number of nitrogens with zero attached hydrogens (tertiary/aromatic N) is 1. The number of hydrogen-bond acceptors (Lipinski definition) is 3. The van der Waals surface area contributed by atoms with E-state index in [1.165, 1.54) is 11.1 Å². The lowest BCUT2D eigenvalue weighted by molar-refractivity contribution is 0.242. The summed E-state index contributed by atoms with van der Waals surface area (Å²) in [5.41, 5.74) is 11.2. The molecule has 1 aliphatic heterocycles. The topological polar surface area (TPSA) is 48.1 Å². The quantitative estimate of drug-likeness (QED) is 0.896. The average Bonchev–Trinajstić information content (AvgIpc) is 2.85. The molecule has 0 fully saturated rings. The molecule has 2 N–H and O–H groups in total. The molecule has 19 heavy (non-hydrogen) atoms. The van der Waals surface area contributed by atoms with Gasteiger partial charge in [0.2, 0.25) is 0 Å². The minimum Gasteiger partial charge on any atom is -0.488 e. The molecule has 0 aliphatic carbocycles. The highest BCUT2D eigenvalue weighted by Gasteiger charge is 2.24. The van der Waals surface area contributed by atoms with Crippen LogP contribution in [0, 0.1) is 13.8 Å². The van der Waals surface area contributed by atoms with Gasteiger partial charge in [-0.25, -0.2) is 0 Å². The van der Waals surface area contributed by atoms with Gasteiger partial charge in [0.1, 0.15) is 11.9 Å². The van der Waals surface area contributed by atoms with Crippen molar-refractivity contribution < 1.29 is 4.74 Å². The smallest absolute Gasteiger partial charge is 0.132 e. The van der Waals surface area contributed by atoms with Crippen molar-refractivity contribution in [3.05, 3.63) is 47.2 Å². The minimum atomic E-state index is 0.0997. The fourth-order valence-corrected chi connectivity index (χ4v) is 2.45. The summed E-state index contributed by atoms with van der Waals surface area (Å²) in [5, 5.41) is 0. The summed E-state index contributed by atoms with van der Waals surface area (Å²) in [6, 6.07) is 10.4. The third-order valence-corrected chi connectivity index (χ3v) is 3.72. The van der Waals surface area contributed by atoms with Gasteiger partial charge in [-0.15, -0.1) is 0 Å². The summed E-state index contributed by atoms with van der Waals surface area (Å²) >= 11 is 0. The standard InChI is InChI=1S/C16H18N2O/c1-10-6-7-15(18-11(10)2)14-5-3-4-12-8-13(9-17)19-16(12)14/h3-7,13H,8-9,17H2,1-2H3/t13-/m1/s1. The maximum Gasteiger partial charge on any atom is 0.132 e. The number of rotatable bonds is 2. The molecule has 1 aliphatic rings. The summed E-state index contributed by atoms with van der Waals surface area (Å²) in [7, 11) is 0. The summed E-state index contributed by atoms with van der Waals surface area (Å²) < 4.78 is 5.95. The largest absolute Gasteiger partial charge is 0.488 e. The summed E-state index contributed by atoms with van der Waals surface area (Å²) in [4.78, 5) is 4.66. The second kappa shape index (κ2) is 4.67. The predicted octanol–water partition coefficient (Wildman–Crippen LogP) is 2.63. The Morgan fingerprint density at radius 3 is 2.84 bits per heavy atom. The van der Waals surface area contributed by atoms with Gasteiger partial charge in [-0.05, 0) is 37.1 Å². The van der Waals surface area contributed by atoms with E-state index in [1.807, 2.05) is 6.92 Å². The third kappa shape index (κ3) is 2.10. The highest BCUT2D eigenvalue weighted by atomic mass is 16.5. The first-order chi connectivity index (χ1) is 9.19. The van der Waals surface area contributed by atoms with Crippen molar-refractivity contribution >= 4 is 0 Å². The first-order valence-electron chi connectivity index (χ1n) is 6.62. The summed E-state index contributed by atoms with van der Waals surface area (Å²) in [6.07, 6.45) is 0.993. The number of pyridine rings is 1. The van der Waals surface area contributed by atoms with Crippen molar-refractivity contribution in [2.24, 2.45) is 5.73 Å². The zero-order valence-electron chi connectivity index (χ0n) is 11.3. The first kappa shape index (κ1) is 12.2. The number of para-hydroxylation sites is 1. The maximum atomic E-state index is 5.95. The number of fused-ring (bicyclic) bond motifs is 1. The SMILES string of the molecule is Cc1ccc(-c2cccc3c2O[C@@H](CN)C3)nc1C. The van der Waals surface area contributed by atoms with E-state index >= 15 is 0 Å². The van der Waals surface area contributed by atoms with Gasteiger partial charge in [-0.2, -0.15) is 0 Å². The lowest BCUT2D eigenvalue weighted by Gasteiger charge is -2.11. The molecule has 0 saturated heterocycles. The van der Waals surface area contributed by atoms with Crippen LogP contribution in [-0.2, 0) is 6.42 Å². The number of hydrogen-bond donors (Lipinski definition) is 1. The van der Waals surface area contributed by atoms with Gasteiger partial charge in [-0.3, -0.25) is 4.98 Å². The van der Waals surface area contributed by atoms with E-state index in [-0.39, 0.29) is 6.10 Å². The zero-order chi connectivity index (χ0) is 13.4. The van der Waals surface area contributed by atoms with Crippen LogP contribution in [0.4, 0.5) is 0 Å². The van der Waals surface area contributed by atoms with E-state index in [9.17, 15) is 0 Å². The van der Waals surface area contributed by atoms with E-state index in [0.29, 0.717) is 6.54 Å². The number of benzene rings is 1. The van der Waals surface area contributed by atoms with Crippen molar-refractivity contribution in [1.29, 1.82) is 0 Å². The van der Waals surface area contributed by atoms with Crippen molar-refractivity contribution in [1.82, 2.24) is 4.98 Å². The fraction of sp³-hybridized carbons (Fsp3) is 0.312. The molecule has 98 valence electrons. The van der Waals surface area contributed by atoms with Crippen LogP contribution in [0.2, 0.25) is 0 Å². The predicted molar refractivity (Wildman–Crippen MR) is 76.3 cm³/mol. The molecule has 2 heterocycles. The molecular weight excluding hydrogens is 236 g/mol. The number of aromatic nitrogens is 1. The normalized spacial score (nSPS) is 17.1. The van der Waals surface area contributed by atoms with E-state index in [4.69, 9.17) is 10.5 Å². The summed E-state index contributed by atoms with van der Waals surface area (Å²) in [5.74, 6) is 0.953. The Labute approximate surface area is 113 Å². The molecule has 1 atom stereocenters. The molecule has 3 heteroatoms. The van der Waals surface area contributed by atoms with E-state index in [0.717, 1.165) is 29.1 Å². The van der Waals surface area contributed by atoms with Crippen LogP contribution in [0.5, 0.6) is 5.75 Å². The van der Waals surface area contributed by atoms with E-state index in [1.54, 1.807) is 0 Å². The summed E-state index contributed by atoms with van der Waals surface area (Å²) in [6.45, 7) is 4.66. The Kier molecular flexibility index (Phi) is 2.99. The van der Waals surface area contributed by atoms with Crippen LogP contribution in [0.3, 0.4) is 0 Å². The second-order valence-corrected chi connectivity index (χ2v) is 5.07. The fourth-order valence-electron chi connectivity index (χ4n) is 2.45. The Hall–Kier alpha value is -1.87. The molecule has 3 nitrogen and oxygen atoms in total. The lowest BCUT2D eigenvalue weighted by atomic mass is 10.0. The van der Waals surface area contributed by atoms with Gasteiger partial charge >= 0.3 is 0 Å². The molecule has 0 saturated carbocycles. The highest BCUT2D eigenvalue weighted by Crippen LogP contribution is 2.38. The van der Waals surface area contributed by atoms with Crippen molar-refractivity contribution in [2.45, 2.75) is 26.4 Å². The van der Waals surface area contributed by atoms with Crippen LogP contribution >= 0.6 is 0 Å².